The Morgan fingerprint density at radius 1 is 1.10 bits per heavy atom. The molecule has 0 fully saturated rings. The summed E-state index contributed by atoms with van der Waals surface area (Å²) < 4.78 is 0. The predicted molar refractivity (Wildman–Crippen MR) is 38.0 cm³/mol. The van der Waals surface area contributed by atoms with Crippen molar-refractivity contribution in [3.63, 3.8) is 0 Å². The number of hydrogen-bond donors (Lipinski definition) is 2. The Bertz CT molecular complexity index is 39.1. The molecule has 5 heteroatoms. The van der Waals surface area contributed by atoms with Gasteiger partial charge in [-0.05, 0) is 20.5 Å². The molecule has 0 aliphatic heterocycles. The second kappa shape index (κ2) is 16.7. The van der Waals surface area contributed by atoms with Crippen LogP contribution in [0.2, 0.25) is 0 Å². The van der Waals surface area contributed by atoms with Crippen molar-refractivity contribution in [3.8, 4) is 0 Å². The van der Waals surface area contributed by atoms with Gasteiger partial charge < -0.3 is 35.4 Å². The van der Waals surface area contributed by atoms with Crippen molar-refractivity contribution >= 4 is 23.1 Å². The van der Waals surface area contributed by atoms with Gasteiger partial charge >= 0.3 is 23.1 Å². The molecule has 60 valence electrons. The molecular formula is C5H14Cl2MgN2. The van der Waals surface area contributed by atoms with Crippen LogP contribution in [-0.4, -0.2) is 43.3 Å². The molecule has 0 aliphatic carbocycles. The SMILES string of the molecule is CCC(NC)NC.[Cl-].[Cl-].[Mg+2]. The zero-order chi connectivity index (χ0) is 5.70. The quantitative estimate of drug-likeness (QED) is 0.348. The maximum Gasteiger partial charge on any atom is 2.00 e. The van der Waals surface area contributed by atoms with E-state index in [0.717, 1.165) is 6.42 Å². The molecule has 0 heterocycles. The van der Waals surface area contributed by atoms with E-state index in [0.29, 0.717) is 6.17 Å². The summed E-state index contributed by atoms with van der Waals surface area (Å²) in [4.78, 5) is 0. The van der Waals surface area contributed by atoms with Crippen LogP contribution < -0.4 is 35.4 Å². The smallest absolute Gasteiger partial charge is 1.00 e. The van der Waals surface area contributed by atoms with E-state index in [2.05, 4.69) is 17.6 Å². The first-order valence-corrected chi connectivity index (χ1v) is 2.69. The molecule has 0 aromatic heterocycles. The monoisotopic (exact) mass is 196 g/mol. The minimum atomic E-state index is 0. The molecule has 2 N–H and O–H groups in total. The van der Waals surface area contributed by atoms with E-state index in [1.807, 2.05) is 14.1 Å². The van der Waals surface area contributed by atoms with Crippen LogP contribution in [0.4, 0.5) is 0 Å². The minimum absolute atomic E-state index is 0. The van der Waals surface area contributed by atoms with Crippen LogP contribution in [0.3, 0.4) is 0 Å². The molecule has 0 atom stereocenters. The average Bonchev–Trinajstić information content (AvgIpc) is 1.72. The summed E-state index contributed by atoms with van der Waals surface area (Å²) in [5.74, 6) is 0. The fourth-order valence-corrected chi connectivity index (χ4v) is 0.553. The number of nitrogens with one attached hydrogen (secondary N) is 2. The van der Waals surface area contributed by atoms with Crippen molar-refractivity contribution in [2.24, 2.45) is 0 Å². The minimum Gasteiger partial charge on any atom is -1.00 e. The van der Waals surface area contributed by atoms with Gasteiger partial charge in [0.2, 0.25) is 0 Å². The standard InChI is InChI=1S/C5H14N2.2ClH.Mg/c1-4-5(6-2)7-3;;;/h5-7H,4H2,1-3H3;2*1H;/q;;;+2/p-2. The molecule has 0 spiro atoms. The maximum atomic E-state index is 3.09. The van der Waals surface area contributed by atoms with Crippen LogP contribution in [0.25, 0.3) is 0 Å². The van der Waals surface area contributed by atoms with Crippen molar-refractivity contribution in [3.05, 3.63) is 0 Å². The van der Waals surface area contributed by atoms with Gasteiger partial charge in [-0.1, -0.05) is 6.92 Å². The zero-order valence-corrected chi connectivity index (χ0v) is 9.67. The van der Waals surface area contributed by atoms with Crippen LogP contribution in [0.5, 0.6) is 0 Å². The second-order valence-corrected chi connectivity index (χ2v) is 1.54. The van der Waals surface area contributed by atoms with Gasteiger partial charge in [0.25, 0.3) is 0 Å². The fraction of sp³-hybridized carbons (Fsp3) is 1.00. The average molecular weight is 197 g/mol. The Labute approximate surface area is 91.9 Å². The topological polar surface area (TPSA) is 24.1 Å². The van der Waals surface area contributed by atoms with E-state index in [9.17, 15) is 0 Å². The molecule has 0 aliphatic rings. The van der Waals surface area contributed by atoms with E-state index in [1.165, 1.54) is 0 Å². The van der Waals surface area contributed by atoms with E-state index < -0.39 is 0 Å². The van der Waals surface area contributed by atoms with Crippen molar-refractivity contribution in [1.29, 1.82) is 0 Å². The van der Waals surface area contributed by atoms with E-state index in [4.69, 9.17) is 0 Å². The molecule has 0 aromatic rings. The Hall–Kier alpha value is 1.27. The molecule has 0 unspecified atom stereocenters. The molecule has 0 radical (unpaired) electrons. The van der Waals surface area contributed by atoms with Crippen molar-refractivity contribution in [2.45, 2.75) is 19.5 Å². The summed E-state index contributed by atoms with van der Waals surface area (Å²) in [5.41, 5.74) is 0. The van der Waals surface area contributed by atoms with Gasteiger partial charge in [-0.25, -0.2) is 0 Å². The Kier molecular flexibility index (Phi) is 37.5. The van der Waals surface area contributed by atoms with Crippen LogP contribution in [0.1, 0.15) is 13.3 Å². The van der Waals surface area contributed by atoms with Crippen molar-refractivity contribution in [2.75, 3.05) is 14.1 Å². The van der Waals surface area contributed by atoms with Crippen molar-refractivity contribution < 1.29 is 24.8 Å². The molecule has 2 nitrogen and oxygen atoms in total. The normalized spacial score (nSPS) is 7.20. The molecule has 0 aromatic carbocycles. The van der Waals surface area contributed by atoms with Gasteiger partial charge in [-0.3, -0.25) is 0 Å². The van der Waals surface area contributed by atoms with Crippen LogP contribution >= 0.6 is 0 Å². The molecule has 0 amide bonds. The number of rotatable bonds is 3. The van der Waals surface area contributed by atoms with E-state index >= 15 is 0 Å². The number of hydrogen-bond acceptors (Lipinski definition) is 2. The summed E-state index contributed by atoms with van der Waals surface area (Å²) in [6.45, 7) is 2.14. The largest absolute Gasteiger partial charge is 2.00 e. The Morgan fingerprint density at radius 2 is 1.40 bits per heavy atom. The van der Waals surface area contributed by atoms with Gasteiger partial charge in [0.1, 0.15) is 0 Å². The Morgan fingerprint density at radius 3 is 1.40 bits per heavy atom. The molecule has 0 saturated carbocycles. The van der Waals surface area contributed by atoms with Gasteiger partial charge in [0, 0.05) is 0 Å². The summed E-state index contributed by atoms with van der Waals surface area (Å²) in [6.07, 6.45) is 1.62. The predicted octanol–water partition coefficient (Wildman–Crippen LogP) is -6.21. The van der Waals surface area contributed by atoms with E-state index in [1.54, 1.807) is 0 Å². The summed E-state index contributed by atoms with van der Waals surface area (Å²) in [5, 5.41) is 6.18. The first-order chi connectivity index (χ1) is 3.35. The Balaban J connectivity index is -0.0000000600. The van der Waals surface area contributed by atoms with Crippen LogP contribution in [0.15, 0.2) is 0 Å². The van der Waals surface area contributed by atoms with Crippen LogP contribution in [0, 0.1) is 0 Å². The molecule has 0 rings (SSSR count). The second-order valence-electron chi connectivity index (χ2n) is 1.54. The first kappa shape index (κ1) is 22.5. The summed E-state index contributed by atoms with van der Waals surface area (Å²) in [7, 11) is 3.90. The maximum absolute atomic E-state index is 3.09. The zero-order valence-electron chi connectivity index (χ0n) is 6.75. The third-order valence-electron chi connectivity index (χ3n) is 1.11. The third-order valence-corrected chi connectivity index (χ3v) is 1.11. The van der Waals surface area contributed by atoms with Gasteiger partial charge in [-0.15, -0.1) is 0 Å². The number of halogens is 2. The fourth-order valence-electron chi connectivity index (χ4n) is 0.553. The molecule has 0 saturated heterocycles. The third kappa shape index (κ3) is 12.0. The summed E-state index contributed by atoms with van der Waals surface area (Å²) in [6, 6.07) is 0. The first-order valence-electron chi connectivity index (χ1n) is 2.69. The van der Waals surface area contributed by atoms with Gasteiger partial charge in [0.15, 0.2) is 0 Å². The van der Waals surface area contributed by atoms with Crippen molar-refractivity contribution in [1.82, 2.24) is 10.6 Å². The molecule has 0 bridgehead atoms. The summed E-state index contributed by atoms with van der Waals surface area (Å²) >= 11 is 0. The van der Waals surface area contributed by atoms with Crippen LogP contribution in [-0.2, 0) is 0 Å². The van der Waals surface area contributed by atoms with E-state index in [-0.39, 0.29) is 47.9 Å². The molecular weight excluding hydrogens is 183 g/mol. The van der Waals surface area contributed by atoms with Gasteiger partial charge in [0.05, 0.1) is 6.17 Å². The molecule has 10 heavy (non-hydrogen) atoms. The van der Waals surface area contributed by atoms with Gasteiger partial charge in [-0.2, -0.15) is 0 Å².